The van der Waals surface area contributed by atoms with Crippen LogP contribution in [0.3, 0.4) is 0 Å². The summed E-state index contributed by atoms with van der Waals surface area (Å²) in [7, 11) is 16.6. The van der Waals surface area contributed by atoms with Crippen molar-refractivity contribution in [3.8, 4) is 0 Å². The molecule has 3 rings (SSSR count). The van der Waals surface area contributed by atoms with Gasteiger partial charge in [0.05, 0.1) is 29.6 Å². The zero-order chi connectivity index (χ0) is 20.5. The molecule has 0 saturated heterocycles. The molecule has 1 unspecified atom stereocenters. The molecule has 3 aromatic rings. The minimum atomic E-state index is -1.92. The largest absolute Gasteiger partial charge is 0.388 e. The summed E-state index contributed by atoms with van der Waals surface area (Å²) in [6.07, 6.45) is 0.237. The highest BCUT2D eigenvalue weighted by atomic mass is 35.5. The van der Waals surface area contributed by atoms with Crippen LogP contribution >= 0.6 is 11.6 Å². The highest BCUT2D eigenvalue weighted by Crippen LogP contribution is 2.19. The fourth-order valence-corrected chi connectivity index (χ4v) is 2.64. The maximum atomic E-state index is 12.4. The van der Waals surface area contributed by atoms with Gasteiger partial charge >= 0.3 is 5.69 Å². The third kappa shape index (κ3) is 4.48. The third-order valence-electron chi connectivity index (χ3n) is 3.96. The van der Waals surface area contributed by atoms with Crippen LogP contribution in [-0.2, 0) is 18.1 Å². The first kappa shape index (κ1) is 20.2. The lowest BCUT2D eigenvalue weighted by Crippen LogP contribution is -2.43. The Kier molecular flexibility index (Phi) is 5.67. The topological polar surface area (TPSA) is 114 Å². The molecule has 0 aliphatic heterocycles. The number of halogens is 1. The Morgan fingerprint density at radius 2 is 1.93 bits per heavy atom. The summed E-state index contributed by atoms with van der Waals surface area (Å²) in [5.41, 5.74) is -1.07. The molecule has 0 bridgehead atoms. The molecular formula is C16H12B3ClN4O4. The third-order valence-corrected chi connectivity index (χ3v) is 4.21. The van der Waals surface area contributed by atoms with Crippen LogP contribution in [0.4, 0.5) is 0 Å². The van der Waals surface area contributed by atoms with Gasteiger partial charge in [-0.1, -0.05) is 34.0 Å². The second-order valence-electron chi connectivity index (χ2n) is 6.21. The highest BCUT2D eigenvalue weighted by molar-refractivity contribution is 6.58. The van der Waals surface area contributed by atoms with Crippen LogP contribution in [0.5, 0.6) is 0 Å². The van der Waals surface area contributed by atoms with Gasteiger partial charge in [0.1, 0.15) is 6.54 Å². The monoisotopic (exact) mass is 392 g/mol. The van der Waals surface area contributed by atoms with Crippen molar-refractivity contribution < 1.29 is 9.63 Å². The average Bonchev–Trinajstić information content (AvgIpc) is 3.05. The van der Waals surface area contributed by atoms with Crippen LogP contribution in [0.1, 0.15) is 28.9 Å². The molecule has 28 heavy (non-hydrogen) atoms. The Morgan fingerprint density at radius 1 is 1.25 bits per heavy atom. The molecule has 2 heterocycles. The predicted octanol–water partition coefficient (Wildman–Crippen LogP) is -0.487. The standard InChI is InChI=1S/C16H12B3ClN4O4/c17-16(18,19)10-6-21-15(27)24(14(10)26)7-13-22-12(23-28-13)5-11(25)8-1-3-9(20)4-2-8/h1-4,6,11,25H,5,7H2,(H,21,27). The van der Waals surface area contributed by atoms with Crippen molar-refractivity contribution in [1.82, 2.24) is 19.7 Å². The molecule has 2 aromatic heterocycles. The number of benzene rings is 1. The van der Waals surface area contributed by atoms with Gasteiger partial charge in [-0.25, -0.2) is 4.79 Å². The van der Waals surface area contributed by atoms with Gasteiger partial charge in [0, 0.05) is 23.2 Å². The summed E-state index contributed by atoms with van der Waals surface area (Å²) in [5, 5.41) is 12.6. The Hall–Kier alpha value is -2.52. The summed E-state index contributed by atoms with van der Waals surface area (Å²) >= 11 is 5.82. The molecule has 0 aliphatic rings. The lowest BCUT2D eigenvalue weighted by molar-refractivity contribution is 0.174. The summed E-state index contributed by atoms with van der Waals surface area (Å²) in [5.74, 6) is 0.184. The van der Waals surface area contributed by atoms with E-state index in [0.29, 0.717) is 10.6 Å². The maximum absolute atomic E-state index is 12.4. The van der Waals surface area contributed by atoms with Gasteiger partial charge in [-0.05, 0) is 17.7 Å². The quantitative estimate of drug-likeness (QED) is 0.548. The van der Waals surface area contributed by atoms with E-state index in [0.717, 1.165) is 10.8 Å². The fraction of sp³-hybridized carbons (Fsp3) is 0.250. The molecule has 12 heteroatoms. The maximum Gasteiger partial charge on any atom is 0.328 e. The molecule has 0 fully saturated rings. The number of aromatic amines is 1. The number of hydrogen-bond donors (Lipinski definition) is 2. The smallest absolute Gasteiger partial charge is 0.328 e. The van der Waals surface area contributed by atoms with Crippen molar-refractivity contribution in [2.75, 3.05) is 0 Å². The van der Waals surface area contributed by atoms with Crippen LogP contribution in [0, 0.1) is 0 Å². The summed E-state index contributed by atoms with van der Waals surface area (Å²) in [6, 6.07) is 6.66. The molecule has 1 aromatic carbocycles. The number of hydrogen-bond acceptors (Lipinski definition) is 6. The van der Waals surface area contributed by atoms with Gasteiger partial charge in [0.15, 0.2) is 5.82 Å². The summed E-state index contributed by atoms with van der Waals surface area (Å²) < 4.78 is 5.84. The van der Waals surface area contributed by atoms with Crippen molar-refractivity contribution >= 4 is 35.1 Å². The van der Waals surface area contributed by atoms with E-state index in [1.165, 1.54) is 0 Å². The van der Waals surface area contributed by atoms with Crippen LogP contribution in [-0.4, -0.2) is 48.3 Å². The normalized spacial score (nSPS) is 12.8. The molecule has 2 N–H and O–H groups in total. The van der Waals surface area contributed by atoms with Crippen LogP contribution in [0.25, 0.3) is 0 Å². The summed E-state index contributed by atoms with van der Waals surface area (Å²) in [4.78, 5) is 30.8. The van der Waals surface area contributed by atoms with Crippen LogP contribution in [0.15, 0.2) is 44.6 Å². The average molecular weight is 392 g/mol. The number of aliphatic hydroxyl groups excluding tert-OH is 1. The number of nitrogens with one attached hydrogen (secondary N) is 1. The molecule has 0 saturated carbocycles. The number of nitrogens with zero attached hydrogens (tertiary/aromatic N) is 3. The van der Waals surface area contributed by atoms with E-state index in [2.05, 4.69) is 15.1 Å². The number of H-pyrrole nitrogens is 1. The Morgan fingerprint density at radius 3 is 2.57 bits per heavy atom. The van der Waals surface area contributed by atoms with Crippen molar-refractivity contribution in [2.24, 2.45) is 0 Å². The van der Waals surface area contributed by atoms with Gasteiger partial charge in [-0.3, -0.25) is 9.36 Å². The van der Waals surface area contributed by atoms with Gasteiger partial charge in [-0.15, -0.1) is 0 Å². The van der Waals surface area contributed by atoms with E-state index in [1.54, 1.807) is 24.3 Å². The Bertz CT molecular complexity index is 1090. The van der Waals surface area contributed by atoms with Gasteiger partial charge in [0.2, 0.25) is 5.89 Å². The highest BCUT2D eigenvalue weighted by Gasteiger charge is 2.20. The molecule has 6 radical (unpaired) electrons. The SMILES string of the molecule is [B]C([B])([B])c1c[nH]c(=O)n(Cc2nc(CC(O)c3ccc(Cl)cc3)no2)c1=O. The number of rotatable bonds is 6. The van der Waals surface area contributed by atoms with E-state index in [-0.39, 0.29) is 30.2 Å². The van der Waals surface area contributed by atoms with E-state index in [1.807, 2.05) is 0 Å². The molecule has 0 spiro atoms. The minimum absolute atomic E-state index is 0.0141. The molecular weight excluding hydrogens is 380 g/mol. The first-order chi connectivity index (χ1) is 13.1. The molecule has 1 atom stereocenters. The van der Waals surface area contributed by atoms with Gasteiger partial charge in [0.25, 0.3) is 5.56 Å². The van der Waals surface area contributed by atoms with E-state index in [4.69, 9.17) is 39.7 Å². The summed E-state index contributed by atoms with van der Waals surface area (Å²) in [6.45, 7) is -0.317. The van der Waals surface area contributed by atoms with E-state index < -0.39 is 22.5 Å². The van der Waals surface area contributed by atoms with Crippen LogP contribution < -0.4 is 11.2 Å². The zero-order valence-corrected chi connectivity index (χ0v) is 15.3. The molecule has 0 amide bonds. The first-order valence-electron chi connectivity index (χ1n) is 8.10. The lowest BCUT2D eigenvalue weighted by Gasteiger charge is -2.19. The van der Waals surface area contributed by atoms with E-state index in [9.17, 15) is 14.7 Å². The zero-order valence-electron chi connectivity index (χ0n) is 14.5. The number of aromatic nitrogens is 4. The van der Waals surface area contributed by atoms with Crippen molar-refractivity contribution in [2.45, 2.75) is 24.2 Å². The number of aliphatic hydroxyl groups is 1. The van der Waals surface area contributed by atoms with E-state index >= 15 is 0 Å². The van der Waals surface area contributed by atoms with Crippen molar-refractivity contribution in [3.63, 3.8) is 0 Å². The lowest BCUT2D eigenvalue weighted by atomic mass is 9.40. The van der Waals surface area contributed by atoms with Crippen molar-refractivity contribution in [1.29, 1.82) is 0 Å². The van der Waals surface area contributed by atoms with Crippen molar-refractivity contribution in [3.05, 3.63) is 79.2 Å². The second kappa shape index (κ2) is 7.85. The molecule has 136 valence electrons. The van der Waals surface area contributed by atoms with Crippen LogP contribution in [0.2, 0.25) is 5.02 Å². The minimum Gasteiger partial charge on any atom is -0.388 e. The second-order valence-corrected chi connectivity index (χ2v) is 6.64. The Labute approximate surface area is 168 Å². The molecule has 8 nitrogen and oxygen atoms in total. The predicted molar refractivity (Wildman–Crippen MR) is 104 cm³/mol. The van der Waals surface area contributed by atoms with Gasteiger partial charge < -0.3 is 14.6 Å². The van der Waals surface area contributed by atoms with Gasteiger partial charge in [-0.2, -0.15) is 4.98 Å². The fourth-order valence-electron chi connectivity index (χ4n) is 2.51. The molecule has 0 aliphatic carbocycles. The Balaban J connectivity index is 1.79. The first-order valence-corrected chi connectivity index (χ1v) is 8.47.